The molecule has 3 aromatic carbocycles. The lowest BCUT2D eigenvalue weighted by molar-refractivity contribution is -0.0446. The molecule has 0 radical (unpaired) electrons. The van der Waals surface area contributed by atoms with Gasteiger partial charge in [0.25, 0.3) is 0 Å². The van der Waals surface area contributed by atoms with Gasteiger partial charge in [0.2, 0.25) is 0 Å². The maximum Gasteiger partial charge on any atom is 0.312 e. The van der Waals surface area contributed by atoms with Crippen molar-refractivity contribution in [1.82, 2.24) is 19.5 Å². The van der Waals surface area contributed by atoms with Crippen LogP contribution in [0.4, 0.5) is 14.6 Å². The van der Waals surface area contributed by atoms with Gasteiger partial charge in [0.1, 0.15) is 23.5 Å². The van der Waals surface area contributed by atoms with E-state index in [1.54, 1.807) is 7.11 Å². The molecule has 6 rings (SSSR count). The number of nitrogens with one attached hydrogen (secondary N) is 1. The third-order valence-electron chi connectivity index (χ3n) is 9.59. The number of fused-ring (bicyclic) bond motifs is 1. The molecule has 3 heterocycles. The van der Waals surface area contributed by atoms with Crippen LogP contribution in [0.2, 0.25) is 18.1 Å². The van der Waals surface area contributed by atoms with Crippen LogP contribution in [-0.2, 0) is 14.7 Å². The molecule has 1 aliphatic heterocycles. The maximum atomic E-state index is 16.3. The van der Waals surface area contributed by atoms with Gasteiger partial charge < -0.3 is 24.3 Å². The Hall–Kier alpha value is -4.23. The minimum Gasteiger partial charge on any atom is -0.497 e. The zero-order valence-electron chi connectivity index (χ0n) is 27.9. The number of aliphatic hydroxyl groups is 1. The van der Waals surface area contributed by atoms with Gasteiger partial charge >= 0.3 is 6.08 Å². The molecule has 5 aromatic rings. The van der Waals surface area contributed by atoms with E-state index in [-0.39, 0.29) is 22.0 Å². The molecule has 9 nitrogen and oxygen atoms in total. The maximum absolute atomic E-state index is 16.3. The molecule has 12 heteroatoms. The molecule has 2 aromatic heterocycles. The van der Waals surface area contributed by atoms with Gasteiger partial charge in [-0.05, 0) is 47.0 Å². The zero-order chi connectivity index (χ0) is 34.3. The van der Waals surface area contributed by atoms with Gasteiger partial charge in [-0.15, -0.1) is 0 Å². The number of rotatable bonds is 10. The first-order valence-corrected chi connectivity index (χ1v) is 18.8. The van der Waals surface area contributed by atoms with Crippen molar-refractivity contribution in [3.8, 4) is 5.75 Å². The first-order chi connectivity index (χ1) is 22.9. The molecule has 0 spiro atoms. The molecule has 48 heavy (non-hydrogen) atoms. The van der Waals surface area contributed by atoms with Gasteiger partial charge in [0, 0.05) is 0 Å². The number of alkyl halides is 1. The molecular weight excluding hydrogens is 633 g/mol. The predicted molar refractivity (Wildman–Crippen MR) is 183 cm³/mol. The number of anilines is 1. The van der Waals surface area contributed by atoms with Gasteiger partial charge in [-0.1, -0.05) is 93.6 Å². The molecular formula is C36H41F2N5O4Si. The highest BCUT2D eigenvalue weighted by atomic mass is 28.4. The summed E-state index contributed by atoms with van der Waals surface area (Å²) in [4.78, 5) is 12.8. The Bertz CT molecular complexity index is 1810. The topological polar surface area (TPSA) is 104 Å². The molecule has 252 valence electrons. The second-order valence-corrected chi connectivity index (χ2v) is 18.3. The SMILES string of the molecule is COc1ccc(C(Nc2nc(F)nc3c2ncn3[C@@H]2OC(CO)[C@@H](O[Si](C)(C)C(C)(C)C)[C@@H]2F)(c2ccccc2)c2ccccc2)cc1. The van der Waals surface area contributed by atoms with Crippen molar-refractivity contribution in [2.75, 3.05) is 19.0 Å². The third-order valence-corrected chi connectivity index (χ3v) is 14.1. The number of ether oxygens (including phenoxy) is 2. The molecule has 1 aliphatic rings. The minimum atomic E-state index is -2.44. The van der Waals surface area contributed by atoms with Gasteiger partial charge in [-0.25, -0.2) is 9.37 Å². The summed E-state index contributed by atoms with van der Waals surface area (Å²) in [6, 6.07) is 27.1. The molecule has 0 aliphatic carbocycles. The number of benzene rings is 3. The summed E-state index contributed by atoms with van der Waals surface area (Å²) in [5.74, 6) is 0.776. The lowest BCUT2D eigenvalue weighted by Gasteiger charge is -2.39. The highest BCUT2D eigenvalue weighted by molar-refractivity contribution is 6.74. The second-order valence-electron chi connectivity index (χ2n) is 13.5. The number of methoxy groups -OCH3 is 1. The van der Waals surface area contributed by atoms with Crippen LogP contribution >= 0.6 is 0 Å². The molecule has 0 saturated carbocycles. The number of imidazole rings is 1. The Kier molecular flexibility index (Phi) is 9.11. The summed E-state index contributed by atoms with van der Waals surface area (Å²) < 4.78 is 51.1. The van der Waals surface area contributed by atoms with Crippen molar-refractivity contribution >= 4 is 25.3 Å². The van der Waals surface area contributed by atoms with Crippen LogP contribution in [0.3, 0.4) is 0 Å². The fourth-order valence-electron chi connectivity index (χ4n) is 6.00. The van der Waals surface area contributed by atoms with Gasteiger partial charge in [0.05, 0.1) is 20.0 Å². The second kappa shape index (κ2) is 13.0. The summed E-state index contributed by atoms with van der Waals surface area (Å²) in [5, 5.41) is 13.5. The Morgan fingerprint density at radius 3 is 2.04 bits per heavy atom. The van der Waals surface area contributed by atoms with Crippen LogP contribution < -0.4 is 10.1 Å². The monoisotopic (exact) mass is 673 g/mol. The van der Waals surface area contributed by atoms with Gasteiger partial charge in [-0.2, -0.15) is 14.4 Å². The lowest BCUT2D eigenvalue weighted by Crippen LogP contribution is -2.49. The van der Waals surface area contributed by atoms with E-state index >= 15 is 8.78 Å². The number of nitrogens with zero attached hydrogens (tertiary/aromatic N) is 4. The molecule has 0 bridgehead atoms. The van der Waals surface area contributed by atoms with Crippen molar-refractivity contribution in [2.24, 2.45) is 0 Å². The van der Waals surface area contributed by atoms with Crippen molar-refractivity contribution in [2.45, 2.75) is 69.0 Å². The smallest absolute Gasteiger partial charge is 0.312 e. The minimum absolute atomic E-state index is 0.0343. The van der Waals surface area contributed by atoms with E-state index in [4.69, 9.17) is 13.9 Å². The predicted octanol–water partition coefficient (Wildman–Crippen LogP) is 7.00. The quantitative estimate of drug-likeness (QED) is 0.0929. The van der Waals surface area contributed by atoms with Crippen molar-refractivity contribution in [1.29, 1.82) is 0 Å². The summed E-state index contributed by atoms with van der Waals surface area (Å²) in [7, 11) is -0.842. The number of hydrogen-bond donors (Lipinski definition) is 2. The van der Waals surface area contributed by atoms with Crippen LogP contribution in [-0.4, -0.2) is 65.0 Å². The average molecular weight is 674 g/mol. The van der Waals surface area contributed by atoms with Crippen LogP contribution in [0.25, 0.3) is 11.2 Å². The number of aliphatic hydroxyl groups excluding tert-OH is 1. The molecule has 0 amide bonds. The molecule has 1 unspecified atom stereocenters. The molecule has 1 saturated heterocycles. The Morgan fingerprint density at radius 1 is 0.917 bits per heavy atom. The zero-order valence-corrected chi connectivity index (χ0v) is 28.9. The normalized spacial score (nSPS) is 20.3. The van der Waals surface area contributed by atoms with Crippen LogP contribution in [0.1, 0.15) is 43.7 Å². The third kappa shape index (κ3) is 5.98. The van der Waals surface area contributed by atoms with Crippen molar-refractivity contribution in [3.05, 3.63) is 114 Å². The number of aromatic nitrogens is 4. The van der Waals surface area contributed by atoms with Gasteiger partial charge in [-0.3, -0.25) is 4.57 Å². The highest BCUT2D eigenvalue weighted by Gasteiger charge is 2.51. The molecule has 2 N–H and O–H groups in total. The fraction of sp³-hybridized carbons (Fsp3) is 0.361. The molecule has 4 atom stereocenters. The van der Waals surface area contributed by atoms with E-state index in [1.807, 2.05) is 98.0 Å². The summed E-state index contributed by atoms with van der Waals surface area (Å²) in [5.41, 5.74) is 1.70. The van der Waals surface area contributed by atoms with Crippen molar-refractivity contribution < 1.29 is 27.8 Å². The van der Waals surface area contributed by atoms with Crippen LogP contribution in [0, 0.1) is 6.08 Å². The number of hydrogen-bond acceptors (Lipinski definition) is 8. The first kappa shape index (κ1) is 33.7. The Morgan fingerprint density at radius 2 is 1.50 bits per heavy atom. The summed E-state index contributed by atoms with van der Waals surface area (Å²) in [6.07, 6.45) is -4.57. The van der Waals surface area contributed by atoms with Crippen LogP contribution in [0.15, 0.2) is 91.3 Å². The van der Waals surface area contributed by atoms with Crippen LogP contribution in [0.5, 0.6) is 5.75 Å². The van der Waals surface area contributed by atoms with E-state index in [1.165, 1.54) is 10.9 Å². The van der Waals surface area contributed by atoms with E-state index < -0.39 is 51.1 Å². The van der Waals surface area contributed by atoms with E-state index in [0.717, 1.165) is 16.7 Å². The number of halogens is 2. The van der Waals surface area contributed by atoms with E-state index in [0.29, 0.717) is 5.75 Å². The van der Waals surface area contributed by atoms with Crippen molar-refractivity contribution in [3.63, 3.8) is 0 Å². The summed E-state index contributed by atoms with van der Waals surface area (Å²) in [6.45, 7) is 9.76. The fourth-order valence-corrected chi connectivity index (χ4v) is 7.31. The Labute approximate surface area is 280 Å². The largest absolute Gasteiger partial charge is 0.497 e. The molecule has 1 fully saturated rings. The van der Waals surface area contributed by atoms with E-state index in [2.05, 4.69) is 41.0 Å². The Balaban J connectivity index is 1.47. The summed E-state index contributed by atoms with van der Waals surface area (Å²) >= 11 is 0. The highest BCUT2D eigenvalue weighted by Crippen LogP contribution is 2.44. The lowest BCUT2D eigenvalue weighted by atomic mass is 9.77. The first-order valence-electron chi connectivity index (χ1n) is 15.9. The average Bonchev–Trinajstić information content (AvgIpc) is 3.63. The van der Waals surface area contributed by atoms with Gasteiger partial charge in [0.15, 0.2) is 37.7 Å². The van der Waals surface area contributed by atoms with E-state index in [9.17, 15) is 5.11 Å². The standard InChI is InChI=1S/C36H41F2N5O4Si/c1-35(2,3)48(5,6)47-30-27(21-44)46-33(28(30)37)43-22-39-29-31(40-34(38)41-32(29)43)42-36(23-13-9-7-10-14-23,24-15-11-8-12-16-24)25-17-19-26(45-4)20-18-25/h7-20,22,27-28,30,33,44H,21H2,1-6H3,(H,40,41,42)/t27?,28-,30+,33+/m0/s1.